The summed E-state index contributed by atoms with van der Waals surface area (Å²) in [5.74, 6) is -1.19. The molecule has 0 bridgehead atoms. The van der Waals surface area contributed by atoms with E-state index in [-0.39, 0.29) is 10.6 Å². The smallest absolute Gasteiger partial charge is 0.264 e. The molecule has 0 radical (unpaired) electrons. The fourth-order valence-corrected chi connectivity index (χ4v) is 4.31. The predicted octanol–water partition coefficient (Wildman–Crippen LogP) is 4.13. The number of nitrogens with zero attached hydrogens (tertiary/aromatic N) is 2. The maximum absolute atomic E-state index is 13.4. The Labute approximate surface area is 185 Å². The molecule has 3 aromatic rings. The molecule has 0 spiro atoms. The van der Waals surface area contributed by atoms with Crippen LogP contribution < -0.4 is 9.73 Å². The summed E-state index contributed by atoms with van der Waals surface area (Å²) in [6, 6.07) is 17.9. The molecule has 1 amide bonds. The number of sulfonamides is 1. The molecule has 0 saturated carbocycles. The normalized spacial score (nSPS) is 11.5. The van der Waals surface area contributed by atoms with Gasteiger partial charge in [0.25, 0.3) is 15.9 Å². The van der Waals surface area contributed by atoms with Crippen molar-refractivity contribution in [2.75, 3.05) is 10.8 Å². The minimum Gasteiger partial charge on any atom is -0.271 e. The molecule has 0 atom stereocenters. The zero-order valence-electron chi connectivity index (χ0n) is 16.5. The average Bonchev–Trinajstić information content (AvgIpc) is 2.73. The van der Waals surface area contributed by atoms with Gasteiger partial charge in [-0.15, -0.1) is 0 Å². The first-order valence-electron chi connectivity index (χ1n) is 9.18. The van der Waals surface area contributed by atoms with Crippen molar-refractivity contribution in [3.63, 3.8) is 0 Å². The van der Waals surface area contributed by atoms with Gasteiger partial charge < -0.3 is 0 Å². The molecule has 0 aromatic heterocycles. The van der Waals surface area contributed by atoms with Gasteiger partial charge >= 0.3 is 0 Å². The summed E-state index contributed by atoms with van der Waals surface area (Å²) in [5, 5.41) is 4.36. The van der Waals surface area contributed by atoms with Crippen molar-refractivity contribution in [1.29, 1.82) is 0 Å². The molecule has 0 unspecified atom stereocenters. The van der Waals surface area contributed by atoms with Crippen LogP contribution in [-0.4, -0.2) is 27.1 Å². The fourth-order valence-electron chi connectivity index (χ4n) is 2.69. The van der Waals surface area contributed by atoms with Crippen LogP contribution in [0.1, 0.15) is 11.1 Å². The molecule has 6 nitrogen and oxygen atoms in total. The van der Waals surface area contributed by atoms with Crippen LogP contribution >= 0.6 is 11.6 Å². The first-order chi connectivity index (χ1) is 14.8. The number of halogens is 2. The van der Waals surface area contributed by atoms with Gasteiger partial charge in [0, 0.05) is 5.02 Å². The van der Waals surface area contributed by atoms with E-state index in [1.807, 2.05) is 6.92 Å². The van der Waals surface area contributed by atoms with E-state index in [2.05, 4.69) is 10.5 Å². The molecule has 0 saturated heterocycles. The molecular formula is C22H19ClFN3O3S. The molecule has 3 rings (SSSR count). The van der Waals surface area contributed by atoms with Crippen LogP contribution in [0.4, 0.5) is 10.1 Å². The number of anilines is 1. The highest BCUT2D eigenvalue weighted by Crippen LogP contribution is 2.24. The lowest BCUT2D eigenvalue weighted by Gasteiger charge is -2.23. The number of carbonyl (C=O) groups is 1. The van der Waals surface area contributed by atoms with Gasteiger partial charge in [0.15, 0.2) is 0 Å². The number of hydrazone groups is 1. The molecule has 9 heteroatoms. The predicted molar refractivity (Wildman–Crippen MR) is 119 cm³/mol. The fraction of sp³-hybridized carbons (Fsp3) is 0.0909. The molecule has 1 N–H and O–H groups in total. The number of benzene rings is 3. The third kappa shape index (κ3) is 5.90. The van der Waals surface area contributed by atoms with Crippen molar-refractivity contribution in [1.82, 2.24) is 5.43 Å². The first-order valence-corrected chi connectivity index (χ1v) is 11.0. The summed E-state index contributed by atoms with van der Waals surface area (Å²) in [5.41, 5.74) is 4.00. The first kappa shape index (κ1) is 22.5. The minimum atomic E-state index is -4.08. The van der Waals surface area contributed by atoms with Crippen LogP contribution in [0.15, 0.2) is 82.8 Å². The largest absolute Gasteiger partial charge is 0.271 e. The van der Waals surface area contributed by atoms with Crippen LogP contribution in [0.5, 0.6) is 0 Å². The average molecular weight is 460 g/mol. The second-order valence-electron chi connectivity index (χ2n) is 6.65. The zero-order chi connectivity index (χ0) is 22.4. The molecule has 160 valence electrons. The van der Waals surface area contributed by atoms with Gasteiger partial charge in [0.05, 0.1) is 16.8 Å². The molecule has 0 heterocycles. The highest BCUT2D eigenvalue weighted by Gasteiger charge is 2.27. The lowest BCUT2D eigenvalue weighted by atomic mass is 10.2. The second kappa shape index (κ2) is 9.72. The van der Waals surface area contributed by atoms with E-state index in [0.29, 0.717) is 10.6 Å². The van der Waals surface area contributed by atoms with E-state index in [9.17, 15) is 17.6 Å². The molecule has 0 aliphatic heterocycles. The number of hydrogen-bond donors (Lipinski definition) is 1. The van der Waals surface area contributed by atoms with Crippen molar-refractivity contribution < 1.29 is 17.6 Å². The third-order valence-corrected chi connectivity index (χ3v) is 6.29. The number of amides is 1. The van der Waals surface area contributed by atoms with Gasteiger partial charge in [0.2, 0.25) is 0 Å². The molecule has 0 aliphatic carbocycles. The van der Waals surface area contributed by atoms with Crippen molar-refractivity contribution in [2.45, 2.75) is 11.8 Å². The Morgan fingerprint density at radius 2 is 1.77 bits per heavy atom. The number of nitrogens with one attached hydrogen (secondary N) is 1. The van der Waals surface area contributed by atoms with E-state index in [1.54, 1.807) is 36.4 Å². The Morgan fingerprint density at radius 3 is 2.42 bits per heavy atom. The number of rotatable bonds is 7. The van der Waals surface area contributed by atoms with E-state index in [4.69, 9.17) is 11.6 Å². The second-order valence-corrected chi connectivity index (χ2v) is 8.95. The summed E-state index contributed by atoms with van der Waals surface area (Å²) in [4.78, 5) is 12.5. The maximum Gasteiger partial charge on any atom is 0.264 e. The Hall–Kier alpha value is -3.23. The van der Waals surface area contributed by atoms with Crippen LogP contribution in [0.25, 0.3) is 0 Å². The SMILES string of the molecule is Cc1ccc(S(=O)(=O)N(CC(=O)N/N=C\c2cccc(Cl)c2)c2ccc(F)cc2)cc1. The Balaban J connectivity index is 1.83. The lowest BCUT2D eigenvalue weighted by molar-refractivity contribution is -0.119. The van der Waals surface area contributed by atoms with Gasteiger partial charge in [-0.3, -0.25) is 9.10 Å². The van der Waals surface area contributed by atoms with E-state index >= 15 is 0 Å². The summed E-state index contributed by atoms with van der Waals surface area (Å²) in [6.07, 6.45) is 1.39. The van der Waals surface area contributed by atoms with E-state index < -0.39 is 28.3 Å². The van der Waals surface area contributed by atoms with Crippen LogP contribution in [-0.2, 0) is 14.8 Å². The van der Waals surface area contributed by atoms with Gasteiger partial charge in [-0.25, -0.2) is 18.2 Å². The summed E-state index contributed by atoms with van der Waals surface area (Å²) >= 11 is 5.90. The lowest BCUT2D eigenvalue weighted by Crippen LogP contribution is -2.39. The number of aryl methyl sites for hydroxylation is 1. The quantitative estimate of drug-likeness (QED) is 0.426. The van der Waals surface area contributed by atoms with Crippen molar-refractivity contribution in [3.05, 3.63) is 94.8 Å². The van der Waals surface area contributed by atoms with Crippen molar-refractivity contribution in [3.8, 4) is 0 Å². The van der Waals surface area contributed by atoms with Gasteiger partial charge in [-0.05, 0) is 61.0 Å². The Bertz CT molecular complexity index is 1200. The van der Waals surface area contributed by atoms with Gasteiger partial charge in [-0.2, -0.15) is 5.10 Å². The highest BCUT2D eigenvalue weighted by molar-refractivity contribution is 7.92. The summed E-state index contributed by atoms with van der Waals surface area (Å²) < 4.78 is 40.7. The third-order valence-electron chi connectivity index (χ3n) is 4.26. The minimum absolute atomic E-state index is 0.0117. The maximum atomic E-state index is 13.4. The van der Waals surface area contributed by atoms with Crippen molar-refractivity contribution in [2.24, 2.45) is 5.10 Å². The van der Waals surface area contributed by atoms with E-state index in [0.717, 1.165) is 22.0 Å². The van der Waals surface area contributed by atoms with Crippen LogP contribution in [0, 0.1) is 12.7 Å². The van der Waals surface area contributed by atoms with Crippen LogP contribution in [0.3, 0.4) is 0 Å². The molecule has 0 aliphatic rings. The highest BCUT2D eigenvalue weighted by atomic mass is 35.5. The van der Waals surface area contributed by atoms with E-state index in [1.165, 1.54) is 30.5 Å². The zero-order valence-corrected chi connectivity index (χ0v) is 18.1. The summed E-state index contributed by atoms with van der Waals surface area (Å²) in [6.45, 7) is 1.29. The Morgan fingerprint density at radius 1 is 1.10 bits per heavy atom. The Kier molecular flexibility index (Phi) is 7.04. The monoisotopic (exact) mass is 459 g/mol. The van der Waals surface area contributed by atoms with Crippen LogP contribution in [0.2, 0.25) is 5.02 Å². The van der Waals surface area contributed by atoms with Gasteiger partial charge in [0.1, 0.15) is 12.4 Å². The number of hydrogen-bond acceptors (Lipinski definition) is 4. The van der Waals surface area contributed by atoms with Gasteiger partial charge in [-0.1, -0.05) is 41.4 Å². The molecule has 3 aromatic carbocycles. The number of carbonyl (C=O) groups excluding carboxylic acids is 1. The molecule has 31 heavy (non-hydrogen) atoms. The molecule has 0 fully saturated rings. The molecular weight excluding hydrogens is 441 g/mol. The van der Waals surface area contributed by atoms with Crippen molar-refractivity contribution >= 4 is 39.4 Å². The topological polar surface area (TPSA) is 78.8 Å². The standard InChI is InChI=1S/C22H19ClFN3O3S/c1-16-5-11-21(12-6-16)31(29,30)27(20-9-7-19(24)8-10-20)15-22(28)26-25-14-17-3-2-4-18(23)13-17/h2-14H,15H2,1H3,(H,26,28)/b25-14-. The summed E-state index contributed by atoms with van der Waals surface area (Å²) in [7, 11) is -4.08.